The topological polar surface area (TPSA) is 169 Å². The van der Waals surface area contributed by atoms with Gasteiger partial charge in [0, 0.05) is 55.9 Å². The first-order valence-electron chi connectivity index (χ1n) is 21.6. The van der Waals surface area contributed by atoms with Crippen molar-refractivity contribution in [2.24, 2.45) is 17.3 Å². The third kappa shape index (κ3) is 8.53. The Morgan fingerprint density at radius 1 is 1.13 bits per heavy atom. The van der Waals surface area contributed by atoms with E-state index in [1.165, 1.54) is 11.3 Å². The number of rotatable bonds is 17. The molecule has 14 nitrogen and oxygen atoms in total. The summed E-state index contributed by atoms with van der Waals surface area (Å²) in [6, 6.07) is 3.72. The lowest BCUT2D eigenvalue weighted by Gasteiger charge is -2.41. The van der Waals surface area contributed by atoms with Crippen molar-refractivity contribution in [3.63, 3.8) is 0 Å². The number of hydrogen-bond donors (Lipinski definition) is 2. The monoisotopic (exact) mass is 884 g/mol. The van der Waals surface area contributed by atoms with Gasteiger partial charge in [0.1, 0.15) is 39.9 Å². The van der Waals surface area contributed by atoms with Crippen LogP contribution in [0.3, 0.4) is 0 Å². The first-order valence-corrected chi connectivity index (χ1v) is 24.4. The number of morpholine rings is 1. The molecule has 3 saturated heterocycles. The van der Waals surface area contributed by atoms with Crippen LogP contribution in [0.5, 0.6) is 11.5 Å². The Hall–Kier alpha value is -3.41. The number of fused-ring (bicyclic) bond motifs is 2. The van der Waals surface area contributed by atoms with Crippen molar-refractivity contribution in [1.29, 1.82) is 0 Å². The van der Waals surface area contributed by atoms with Gasteiger partial charge in [-0.15, -0.1) is 11.3 Å². The molecule has 3 aromatic rings. The summed E-state index contributed by atoms with van der Waals surface area (Å²) in [5.74, 6) is 0.0432. The molecule has 2 aliphatic carbocycles. The average molecular weight is 886 g/mol. The fraction of sp³-hybridized carbons (Fsp3) is 0.651. The minimum atomic E-state index is -3.80. The maximum atomic E-state index is 14.6. The highest BCUT2D eigenvalue weighted by Crippen LogP contribution is 2.58. The van der Waals surface area contributed by atoms with Crippen molar-refractivity contribution < 1.29 is 37.0 Å². The number of nitrogens with zero attached hydrogens (tertiary/aromatic N) is 4. The normalized spacial score (nSPS) is 27.6. The molecule has 8 rings (SSSR count). The molecule has 60 heavy (non-hydrogen) atoms. The van der Waals surface area contributed by atoms with Gasteiger partial charge in [-0.1, -0.05) is 59.1 Å². The third-order valence-electron chi connectivity index (χ3n) is 13.3. The van der Waals surface area contributed by atoms with Crippen LogP contribution in [-0.4, -0.2) is 121 Å². The Balaban J connectivity index is 1.11. The van der Waals surface area contributed by atoms with Crippen LogP contribution in [0.4, 0.5) is 0 Å². The number of thiazole rings is 1. The largest absolute Gasteiger partial charge is 0.491 e. The summed E-state index contributed by atoms with van der Waals surface area (Å²) < 4.78 is 46.7. The molecule has 5 fully saturated rings. The minimum Gasteiger partial charge on any atom is -0.491 e. The minimum absolute atomic E-state index is 0.0139. The van der Waals surface area contributed by atoms with E-state index in [4.69, 9.17) is 35.8 Å². The smallest absolute Gasteiger partial charge is 0.241 e. The second-order valence-corrected chi connectivity index (χ2v) is 20.8. The average Bonchev–Trinajstić information content (AvgIpc) is 4.13. The molecule has 5 heterocycles. The van der Waals surface area contributed by atoms with E-state index in [0.717, 1.165) is 31.7 Å². The second-order valence-electron chi connectivity index (χ2n) is 17.6. The lowest BCUT2D eigenvalue weighted by molar-refractivity contribution is -0.146. The molecule has 0 radical (unpaired) electrons. The van der Waals surface area contributed by atoms with Crippen LogP contribution in [-0.2, 0) is 29.1 Å². The molecule has 1 aromatic carbocycles. The predicted molar refractivity (Wildman–Crippen MR) is 230 cm³/mol. The summed E-state index contributed by atoms with van der Waals surface area (Å²) in [5, 5.41) is 6.62. The van der Waals surface area contributed by atoms with Crippen LogP contribution in [0.2, 0.25) is 5.02 Å². The lowest BCUT2D eigenvalue weighted by Crippen LogP contribution is -2.64. The number of hydrogen-bond acceptors (Lipinski definition) is 13. The number of aromatic nitrogens is 2. The van der Waals surface area contributed by atoms with Crippen molar-refractivity contribution in [2.75, 3.05) is 46.0 Å². The van der Waals surface area contributed by atoms with Gasteiger partial charge in [-0.3, -0.25) is 24.0 Å². The highest BCUT2D eigenvalue weighted by molar-refractivity contribution is 7.90. The molecular weight excluding hydrogens is 828 g/mol. The number of piperazine rings is 1. The zero-order valence-electron chi connectivity index (χ0n) is 35.1. The molecule has 3 aliphatic heterocycles. The zero-order valence-corrected chi connectivity index (χ0v) is 37.5. The van der Waals surface area contributed by atoms with Crippen LogP contribution in [0.1, 0.15) is 91.2 Å². The first kappa shape index (κ1) is 43.2. The summed E-state index contributed by atoms with van der Waals surface area (Å²) in [4.78, 5) is 56.7. The Labute approximate surface area is 361 Å². The van der Waals surface area contributed by atoms with E-state index < -0.39 is 50.8 Å². The van der Waals surface area contributed by atoms with Crippen molar-refractivity contribution >= 4 is 61.5 Å². The predicted octanol–water partition coefficient (Wildman–Crippen LogP) is 5.56. The van der Waals surface area contributed by atoms with Gasteiger partial charge in [0.2, 0.25) is 21.8 Å². The fourth-order valence-corrected chi connectivity index (χ4v) is 11.7. The third-order valence-corrected chi connectivity index (χ3v) is 16.4. The van der Waals surface area contributed by atoms with E-state index in [2.05, 4.69) is 28.8 Å². The van der Waals surface area contributed by atoms with E-state index in [1.54, 1.807) is 4.90 Å². The molecule has 5 aliphatic rings. The summed E-state index contributed by atoms with van der Waals surface area (Å²) in [6.45, 7) is 14.8. The maximum absolute atomic E-state index is 14.6. The van der Waals surface area contributed by atoms with Crippen LogP contribution in [0, 0.1) is 17.3 Å². The highest BCUT2D eigenvalue weighted by atomic mass is 35.5. The number of ketones is 1. The fourth-order valence-electron chi connectivity index (χ4n) is 9.12. The number of nitrogens with one attached hydrogen (secondary N) is 2. The summed E-state index contributed by atoms with van der Waals surface area (Å²) in [5.41, 5.74) is 0.873. The first-order chi connectivity index (χ1) is 28.7. The number of sulfonamides is 1. The Kier molecular flexibility index (Phi) is 12.5. The van der Waals surface area contributed by atoms with Gasteiger partial charge in [0.25, 0.3) is 0 Å². The number of ether oxygens (including phenoxy) is 3. The van der Waals surface area contributed by atoms with Gasteiger partial charge < -0.3 is 24.4 Å². The highest BCUT2D eigenvalue weighted by Gasteiger charge is 2.62. The van der Waals surface area contributed by atoms with Gasteiger partial charge in [-0.05, 0) is 49.1 Å². The number of Topliss-reactive ketones (excluding diaryl/α,β-unsaturated/α-hetero) is 1. The molecular formula is C43H57ClN6O8S2. The second kappa shape index (κ2) is 17.4. The van der Waals surface area contributed by atoms with Gasteiger partial charge >= 0.3 is 0 Å². The number of carbonyl (C=O) groups is 3. The van der Waals surface area contributed by atoms with Gasteiger partial charge in [0.05, 0.1) is 53.2 Å². The molecule has 2 N–H and O–H groups in total. The molecule has 326 valence electrons. The van der Waals surface area contributed by atoms with Gasteiger partial charge in [-0.2, -0.15) is 0 Å². The molecule has 2 aromatic heterocycles. The molecule has 0 bridgehead atoms. The molecule has 0 spiro atoms. The summed E-state index contributed by atoms with van der Waals surface area (Å²) >= 11 is 8.61. The van der Waals surface area contributed by atoms with E-state index in [0.29, 0.717) is 90.2 Å². The quantitative estimate of drug-likeness (QED) is 0.173. The van der Waals surface area contributed by atoms with Crippen LogP contribution in [0.25, 0.3) is 21.6 Å². The Bertz CT molecular complexity index is 2230. The van der Waals surface area contributed by atoms with Gasteiger partial charge in [-0.25, -0.2) is 18.4 Å². The van der Waals surface area contributed by atoms with E-state index in [9.17, 15) is 22.8 Å². The Morgan fingerprint density at radius 2 is 1.90 bits per heavy atom. The van der Waals surface area contributed by atoms with Crippen molar-refractivity contribution in [3.05, 3.63) is 34.3 Å². The number of amides is 2. The summed E-state index contributed by atoms with van der Waals surface area (Å²) in [7, 11) is -3.80. The maximum Gasteiger partial charge on any atom is 0.241 e. The molecule has 17 heteroatoms. The molecule has 0 unspecified atom stereocenters. The number of carbonyl (C=O) groups excluding carboxylic acids is 3. The van der Waals surface area contributed by atoms with Crippen molar-refractivity contribution in [2.45, 2.75) is 115 Å². The molecule has 2 amide bonds. The Morgan fingerprint density at radius 3 is 2.57 bits per heavy atom. The molecule has 7 atom stereocenters. The van der Waals surface area contributed by atoms with Crippen molar-refractivity contribution in [3.8, 4) is 22.2 Å². The molecule has 2 saturated carbocycles. The van der Waals surface area contributed by atoms with E-state index in [-0.39, 0.29) is 42.3 Å². The zero-order chi connectivity index (χ0) is 42.5. The van der Waals surface area contributed by atoms with Gasteiger partial charge in [0.15, 0.2) is 5.78 Å². The SMILES string of the molecule is CC[C@@H]1C[C@]1(CC(=O)[C@@H]1C[C@@H](Oc2cc(-c3nc(C(C)C)cs3)nc3c(Cl)c(OCCN4CCOCC4)ccc23)[C@H]2CN[C@H]([C@H](C)CC)C(=O)N21)C(=O)NS(=O)(=O)C1CC1. The van der Waals surface area contributed by atoms with E-state index >= 15 is 0 Å². The van der Waals surface area contributed by atoms with Crippen LogP contribution >= 0.6 is 22.9 Å². The standard InChI is InChI=1S/C43H57ClN6O8S2/c1-6-25(5)38-41(52)50-31(33(51)21-43(20-26(43)7-2)42(53)48-60(54,55)27-8-9-27)19-36(32(50)22-45-38)58-35-18-29(40-47-30(23-59-40)24(3)4)46-39-28(35)10-11-34(37(39)44)57-17-14-49-12-15-56-16-13-49/h10-11,18,23-27,31-32,36,38,45H,6-9,12-17,19-22H2,1-5H3,(H,48,53)/t25-,26-,31+,32-,36-,38-,43-/m1/s1. The number of pyridine rings is 1. The van der Waals surface area contributed by atoms with Crippen molar-refractivity contribution in [1.82, 2.24) is 29.8 Å². The van der Waals surface area contributed by atoms with Crippen LogP contribution in [0.15, 0.2) is 23.6 Å². The number of halogens is 1. The summed E-state index contributed by atoms with van der Waals surface area (Å²) in [6.07, 6.45) is 2.29. The number of benzene rings is 1. The lowest BCUT2D eigenvalue weighted by atomic mass is 9.90. The van der Waals surface area contributed by atoms with E-state index in [1.807, 2.05) is 44.4 Å². The van der Waals surface area contributed by atoms with Crippen LogP contribution < -0.4 is 19.5 Å².